The van der Waals surface area contributed by atoms with Gasteiger partial charge in [-0.15, -0.1) is 0 Å². The van der Waals surface area contributed by atoms with E-state index in [1.165, 1.54) is 6.21 Å². The maximum absolute atomic E-state index is 11.9. The number of amides is 1. The fraction of sp³-hybridized carbons (Fsp3) is 0. The molecule has 3 aromatic rings. The van der Waals surface area contributed by atoms with Gasteiger partial charge in [-0.2, -0.15) is 5.10 Å². The number of hydrogen-bond donors (Lipinski definition) is 5. The van der Waals surface area contributed by atoms with Gasteiger partial charge in [0.05, 0.1) is 6.21 Å². The molecule has 0 bridgehead atoms. The van der Waals surface area contributed by atoms with E-state index in [9.17, 15) is 20.1 Å². The van der Waals surface area contributed by atoms with Crippen LogP contribution in [0.3, 0.4) is 0 Å². The lowest BCUT2D eigenvalue weighted by Crippen LogP contribution is -2.17. The number of benzene rings is 2. The first-order valence-corrected chi connectivity index (χ1v) is 6.70. The van der Waals surface area contributed by atoms with Crippen molar-refractivity contribution in [1.82, 2.24) is 10.4 Å². The first-order chi connectivity index (χ1) is 11.1. The quantitative estimate of drug-likeness (QED) is 0.289. The van der Waals surface area contributed by atoms with E-state index < -0.39 is 23.2 Å². The number of carbonyl (C=O) groups is 1. The summed E-state index contributed by atoms with van der Waals surface area (Å²) in [6, 6.07) is 9.72. The van der Waals surface area contributed by atoms with Crippen LogP contribution in [0, 0.1) is 0 Å². The number of nitrogens with one attached hydrogen (secondary N) is 2. The minimum atomic E-state index is -0.677. The van der Waals surface area contributed by atoms with Gasteiger partial charge in [0.25, 0.3) is 5.91 Å². The predicted octanol–water partition coefficient (Wildman–Crippen LogP) is 2.05. The summed E-state index contributed by atoms with van der Waals surface area (Å²) in [5, 5.41) is 32.8. The van der Waals surface area contributed by atoms with E-state index in [2.05, 4.69) is 15.5 Å². The highest BCUT2D eigenvalue weighted by Crippen LogP contribution is 2.35. The summed E-state index contributed by atoms with van der Waals surface area (Å²) >= 11 is 0. The van der Waals surface area contributed by atoms with Crippen molar-refractivity contribution in [2.45, 2.75) is 0 Å². The van der Waals surface area contributed by atoms with Crippen molar-refractivity contribution in [1.29, 1.82) is 0 Å². The zero-order chi connectivity index (χ0) is 16.4. The molecular weight excluding hydrogens is 298 g/mol. The second kappa shape index (κ2) is 5.72. The van der Waals surface area contributed by atoms with E-state index in [1.807, 2.05) is 24.3 Å². The summed E-state index contributed by atoms with van der Waals surface area (Å²) in [4.78, 5) is 15.0. The largest absolute Gasteiger partial charge is 0.504 e. The molecule has 0 saturated heterocycles. The summed E-state index contributed by atoms with van der Waals surface area (Å²) in [5.74, 6) is -2.48. The van der Waals surface area contributed by atoms with Gasteiger partial charge < -0.3 is 20.3 Å². The molecule has 0 radical (unpaired) electrons. The van der Waals surface area contributed by atoms with Crippen LogP contribution in [0.5, 0.6) is 17.2 Å². The van der Waals surface area contributed by atoms with Gasteiger partial charge in [0.2, 0.25) is 0 Å². The molecule has 1 heterocycles. The number of carbonyl (C=O) groups excluding carboxylic acids is 1. The van der Waals surface area contributed by atoms with Crippen molar-refractivity contribution in [3.63, 3.8) is 0 Å². The first-order valence-electron chi connectivity index (χ1n) is 6.70. The summed E-state index contributed by atoms with van der Waals surface area (Å²) in [5.41, 5.74) is 4.01. The number of phenols is 3. The van der Waals surface area contributed by atoms with Crippen LogP contribution in [0.25, 0.3) is 10.9 Å². The van der Waals surface area contributed by atoms with Crippen LogP contribution >= 0.6 is 0 Å². The lowest BCUT2D eigenvalue weighted by atomic mass is 10.2. The Hall–Kier alpha value is -3.48. The van der Waals surface area contributed by atoms with Gasteiger partial charge in [0.1, 0.15) is 0 Å². The number of fused-ring (bicyclic) bond motifs is 1. The molecule has 0 atom stereocenters. The van der Waals surface area contributed by atoms with E-state index >= 15 is 0 Å². The molecule has 0 aliphatic rings. The number of rotatable bonds is 3. The molecular formula is C16H13N3O4. The lowest BCUT2D eigenvalue weighted by molar-refractivity contribution is 0.0954. The van der Waals surface area contributed by atoms with Gasteiger partial charge in [-0.3, -0.25) is 4.79 Å². The zero-order valence-electron chi connectivity index (χ0n) is 11.8. The van der Waals surface area contributed by atoms with Gasteiger partial charge in [-0.25, -0.2) is 5.43 Å². The van der Waals surface area contributed by atoms with Crippen molar-refractivity contribution in [2.24, 2.45) is 5.10 Å². The summed E-state index contributed by atoms with van der Waals surface area (Å²) < 4.78 is 0. The lowest BCUT2D eigenvalue weighted by Gasteiger charge is -2.04. The van der Waals surface area contributed by atoms with Crippen LogP contribution in [0.1, 0.15) is 15.9 Å². The SMILES string of the molecule is O=C(NN=Cc1c[nH]c2ccccc12)c1cc(O)c(O)c(O)c1. The Bertz CT molecular complexity index is 892. The molecule has 0 saturated carbocycles. The van der Waals surface area contributed by atoms with E-state index in [-0.39, 0.29) is 5.56 Å². The maximum atomic E-state index is 11.9. The number of hydrazone groups is 1. The van der Waals surface area contributed by atoms with E-state index in [1.54, 1.807) is 6.20 Å². The van der Waals surface area contributed by atoms with Gasteiger partial charge in [0, 0.05) is 28.2 Å². The smallest absolute Gasteiger partial charge is 0.271 e. The first kappa shape index (κ1) is 14.5. The highest BCUT2D eigenvalue weighted by molar-refractivity contribution is 6.00. The Morgan fingerprint density at radius 1 is 1.13 bits per heavy atom. The third-order valence-corrected chi connectivity index (χ3v) is 3.32. The van der Waals surface area contributed by atoms with Crippen molar-refractivity contribution >= 4 is 23.0 Å². The Balaban J connectivity index is 1.76. The number of H-pyrrole nitrogens is 1. The Labute approximate surface area is 130 Å². The average Bonchev–Trinajstić information content (AvgIpc) is 2.95. The van der Waals surface area contributed by atoms with Crippen molar-refractivity contribution < 1.29 is 20.1 Å². The summed E-state index contributed by atoms with van der Waals surface area (Å²) in [6.45, 7) is 0. The van der Waals surface area contributed by atoms with Crippen LogP contribution in [0.15, 0.2) is 47.7 Å². The molecule has 0 unspecified atom stereocenters. The number of hydrogen-bond acceptors (Lipinski definition) is 5. The normalized spacial score (nSPS) is 11.1. The summed E-state index contributed by atoms with van der Waals surface area (Å²) in [7, 11) is 0. The fourth-order valence-electron chi connectivity index (χ4n) is 2.16. The number of aromatic nitrogens is 1. The number of para-hydroxylation sites is 1. The second-order valence-corrected chi connectivity index (χ2v) is 4.85. The standard InChI is InChI=1S/C16H13N3O4/c20-13-5-9(6-14(21)15(13)22)16(23)19-18-8-10-7-17-12-4-2-1-3-11(10)12/h1-8,17,20-22H,(H,19,23). The zero-order valence-corrected chi connectivity index (χ0v) is 11.8. The summed E-state index contributed by atoms with van der Waals surface area (Å²) in [6.07, 6.45) is 3.25. The van der Waals surface area contributed by atoms with Crippen LogP contribution in [-0.2, 0) is 0 Å². The molecule has 0 aliphatic carbocycles. The maximum Gasteiger partial charge on any atom is 0.271 e. The number of aromatic amines is 1. The molecule has 5 N–H and O–H groups in total. The molecule has 116 valence electrons. The van der Waals surface area contributed by atoms with Crippen molar-refractivity contribution in [3.05, 3.63) is 53.7 Å². The molecule has 1 amide bonds. The van der Waals surface area contributed by atoms with Gasteiger partial charge >= 0.3 is 0 Å². The third kappa shape index (κ3) is 2.80. The molecule has 7 heteroatoms. The van der Waals surface area contributed by atoms with Gasteiger partial charge in [0.15, 0.2) is 17.2 Å². The molecule has 7 nitrogen and oxygen atoms in total. The topological polar surface area (TPSA) is 118 Å². The molecule has 0 fully saturated rings. The van der Waals surface area contributed by atoms with Gasteiger partial charge in [-0.1, -0.05) is 18.2 Å². The number of nitrogens with zero attached hydrogens (tertiary/aromatic N) is 1. The monoisotopic (exact) mass is 311 g/mol. The molecule has 2 aromatic carbocycles. The van der Waals surface area contributed by atoms with Crippen LogP contribution in [0.2, 0.25) is 0 Å². The molecule has 1 aromatic heterocycles. The van der Waals surface area contributed by atoms with Crippen LogP contribution in [-0.4, -0.2) is 32.4 Å². The Morgan fingerprint density at radius 2 is 1.83 bits per heavy atom. The van der Waals surface area contributed by atoms with Crippen LogP contribution < -0.4 is 5.43 Å². The highest BCUT2D eigenvalue weighted by atomic mass is 16.3. The number of aromatic hydroxyl groups is 3. The average molecular weight is 311 g/mol. The second-order valence-electron chi connectivity index (χ2n) is 4.85. The Kier molecular flexibility index (Phi) is 3.60. The van der Waals surface area contributed by atoms with Crippen LogP contribution in [0.4, 0.5) is 0 Å². The van der Waals surface area contributed by atoms with Crippen molar-refractivity contribution in [3.8, 4) is 17.2 Å². The third-order valence-electron chi connectivity index (χ3n) is 3.32. The van der Waals surface area contributed by atoms with Crippen molar-refractivity contribution in [2.75, 3.05) is 0 Å². The highest BCUT2D eigenvalue weighted by Gasteiger charge is 2.12. The molecule has 3 rings (SSSR count). The molecule has 0 aliphatic heterocycles. The van der Waals surface area contributed by atoms with E-state index in [0.717, 1.165) is 28.6 Å². The van der Waals surface area contributed by atoms with E-state index in [0.29, 0.717) is 0 Å². The molecule has 23 heavy (non-hydrogen) atoms. The van der Waals surface area contributed by atoms with E-state index in [4.69, 9.17) is 0 Å². The predicted molar refractivity (Wildman–Crippen MR) is 84.8 cm³/mol. The fourth-order valence-corrected chi connectivity index (χ4v) is 2.16. The Morgan fingerprint density at radius 3 is 2.57 bits per heavy atom. The number of phenolic OH excluding ortho intramolecular Hbond substituents is 3. The minimum absolute atomic E-state index is 0.0334. The molecule has 0 spiro atoms. The van der Waals surface area contributed by atoms with Gasteiger partial charge in [-0.05, 0) is 18.2 Å². The minimum Gasteiger partial charge on any atom is -0.504 e.